The number of halogens is 1. The Bertz CT molecular complexity index is 549. The first-order valence-electron chi connectivity index (χ1n) is 6.55. The molecular weight excluding hydrogens is 338 g/mol. The first-order valence-corrected chi connectivity index (χ1v) is 7.75. The van der Waals surface area contributed by atoms with Crippen LogP contribution in [0.4, 0.5) is 5.69 Å². The fourth-order valence-corrected chi connectivity index (χ4v) is 3.47. The number of anilines is 1. The molecule has 4 nitrogen and oxygen atoms in total. The summed E-state index contributed by atoms with van der Waals surface area (Å²) in [5.41, 5.74) is 13.0. The van der Waals surface area contributed by atoms with Crippen molar-refractivity contribution in [2.75, 3.05) is 11.4 Å². The fraction of sp³-hybridized carbons (Fsp3) is 0.429. The van der Waals surface area contributed by atoms with Crippen LogP contribution in [0.25, 0.3) is 0 Å². The van der Waals surface area contributed by atoms with Crippen LogP contribution in [-0.4, -0.2) is 23.5 Å². The molecule has 20 heavy (non-hydrogen) atoms. The lowest BCUT2D eigenvalue weighted by Gasteiger charge is -2.38. The van der Waals surface area contributed by atoms with Gasteiger partial charge in [-0.1, -0.05) is 12.2 Å². The number of rotatable bonds is 3. The Balaban J connectivity index is 2.27. The number of carbonyl (C=O) groups is 1. The minimum atomic E-state index is -0.222. The molecule has 1 fully saturated rings. The maximum absolute atomic E-state index is 11.4. The average Bonchev–Trinajstić information content (AvgIpc) is 2.38. The summed E-state index contributed by atoms with van der Waals surface area (Å²) < 4.78 is 0.871. The predicted molar refractivity (Wildman–Crippen MR) is 88.8 cm³/mol. The second-order valence-corrected chi connectivity index (χ2v) is 6.50. The van der Waals surface area contributed by atoms with E-state index in [1.165, 1.54) is 0 Å². The normalized spacial score (nSPS) is 22.6. The molecule has 2 unspecified atom stereocenters. The van der Waals surface area contributed by atoms with E-state index in [-0.39, 0.29) is 11.8 Å². The molecule has 2 atom stereocenters. The van der Waals surface area contributed by atoms with Crippen molar-refractivity contribution in [3.63, 3.8) is 0 Å². The van der Waals surface area contributed by atoms with Crippen LogP contribution in [0.3, 0.4) is 0 Å². The first kappa shape index (κ1) is 15.3. The molecule has 1 amide bonds. The monoisotopic (exact) mass is 355 g/mol. The number of nitrogens with two attached hydrogens (primary N) is 2. The molecule has 4 N–H and O–H groups in total. The second-order valence-electron chi connectivity index (χ2n) is 5.21. The number of hydrogen-bond donors (Lipinski definition) is 2. The van der Waals surface area contributed by atoms with Crippen molar-refractivity contribution in [3.8, 4) is 0 Å². The number of piperidine rings is 1. The van der Waals surface area contributed by atoms with Crippen LogP contribution in [0, 0.1) is 5.92 Å². The minimum absolute atomic E-state index is 0.0831. The topological polar surface area (TPSA) is 72.4 Å². The zero-order valence-electron chi connectivity index (χ0n) is 11.3. The number of primary amides is 1. The van der Waals surface area contributed by atoms with Crippen LogP contribution >= 0.6 is 28.1 Å². The molecule has 1 aromatic rings. The highest BCUT2D eigenvalue weighted by Crippen LogP contribution is 2.30. The molecular formula is C14H18BrN3OS. The van der Waals surface area contributed by atoms with Gasteiger partial charge in [0.15, 0.2) is 0 Å². The van der Waals surface area contributed by atoms with E-state index in [1.54, 1.807) is 0 Å². The Morgan fingerprint density at radius 1 is 1.40 bits per heavy atom. The maximum atomic E-state index is 11.4. The molecule has 1 aliphatic rings. The first-order chi connectivity index (χ1) is 9.40. The Kier molecular flexibility index (Phi) is 4.65. The summed E-state index contributed by atoms with van der Waals surface area (Å²) in [6.07, 6.45) is 1.82. The Morgan fingerprint density at radius 2 is 2.10 bits per heavy atom. The second kappa shape index (κ2) is 6.10. The van der Waals surface area contributed by atoms with E-state index in [0.717, 1.165) is 28.6 Å². The molecule has 2 rings (SSSR count). The minimum Gasteiger partial charge on any atom is -0.389 e. The molecule has 0 spiro atoms. The number of thiocarbonyl (C=S) groups is 1. The highest BCUT2D eigenvalue weighted by atomic mass is 79.9. The van der Waals surface area contributed by atoms with Gasteiger partial charge in [0.2, 0.25) is 5.91 Å². The SMILES string of the molecule is CC1CCC(C(N)=O)CN1c1ccc(C(N)=S)c(Br)c1. The van der Waals surface area contributed by atoms with E-state index in [4.69, 9.17) is 23.7 Å². The van der Waals surface area contributed by atoms with Gasteiger partial charge in [-0.15, -0.1) is 0 Å². The Labute approximate surface area is 132 Å². The smallest absolute Gasteiger partial charge is 0.222 e. The van der Waals surface area contributed by atoms with E-state index in [9.17, 15) is 4.79 Å². The molecule has 1 heterocycles. The van der Waals surface area contributed by atoms with Crippen molar-refractivity contribution in [2.24, 2.45) is 17.4 Å². The van der Waals surface area contributed by atoms with Crippen molar-refractivity contribution < 1.29 is 4.79 Å². The van der Waals surface area contributed by atoms with Crippen molar-refractivity contribution in [2.45, 2.75) is 25.8 Å². The van der Waals surface area contributed by atoms with E-state index >= 15 is 0 Å². The summed E-state index contributed by atoms with van der Waals surface area (Å²) in [5.74, 6) is -0.305. The molecule has 6 heteroatoms. The lowest BCUT2D eigenvalue weighted by molar-refractivity contribution is -0.122. The van der Waals surface area contributed by atoms with Crippen molar-refractivity contribution in [1.29, 1.82) is 0 Å². The average molecular weight is 356 g/mol. The van der Waals surface area contributed by atoms with Gasteiger partial charge in [0.1, 0.15) is 4.99 Å². The van der Waals surface area contributed by atoms with Gasteiger partial charge in [0.05, 0.1) is 5.92 Å². The van der Waals surface area contributed by atoms with Crippen LogP contribution in [0.5, 0.6) is 0 Å². The van der Waals surface area contributed by atoms with Crippen molar-refractivity contribution in [3.05, 3.63) is 28.2 Å². The van der Waals surface area contributed by atoms with Crippen LogP contribution in [-0.2, 0) is 4.79 Å². The highest BCUT2D eigenvalue weighted by Gasteiger charge is 2.29. The van der Waals surface area contributed by atoms with E-state index < -0.39 is 0 Å². The van der Waals surface area contributed by atoms with Crippen LogP contribution in [0.15, 0.2) is 22.7 Å². The largest absolute Gasteiger partial charge is 0.389 e. The quantitative estimate of drug-likeness (QED) is 0.815. The van der Waals surface area contributed by atoms with Gasteiger partial charge in [-0.25, -0.2) is 0 Å². The number of carbonyl (C=O) groups excluding carboxylic acids is 1. The standard InChI is InChI=1S/C14H18BrN3OS/c1-8-2-3-9(13(16)19)7-18(8)10-4-5-11(14(17)20)12(15)6-10/h4-6,8-9H,2-3,7H2,1H3,(H2,16,19)(H2,17,20). The lowest BCUT2D eigenvalue weighted by Crippen LogP contribution is -2.45. The van der Waals surface area contributed by atoms with Gasteiger partial charge in [0, 0.05) is 28.3 Å². The third-order valence-electron chi connectivity index (χ3n) is 3.83. The Morgan fingerprint density at radius 3 is 2.65 bits per heavy atom. The zero-order valence-corrected chi connectivity index (χ0v) is 13.7. The van der Waals surface area contributed by atoms with Crippen LogP contribution in [0.2, 0.25) is 0 Å². The van der Waals surface area contributed by atoms with Crippen molar-refractivity contribution in [1.82, 2.24) is 0 Å². The molecule has 0 bridgehead atoms. The maximum Gasteiger partial charge on any atom is 0.222 e. The summed E-state index contributed by atoms with van der Waals surface area (Å²) in [5, 5.41) is 0. The van der Waals surface area contributed by atoms with E-state index in [0.29, 0.717) is 17.6 Å². The molecule has 0 aromatic heterocycles. The van der Waals surface area contributed by atoms with Gasteiger partial charge in [0.25, 0.3) is 0 Å². The number of amides is 1. The number of hydrogen-bond acceptors (Lipinski definition) is 3. The number of benzene rings is 1. The van der Waals surface area contributed by atoms with E-state index in [1.807, 2.05) is 18.2 Å². The van der Waals surface area contributed by atoms with Gasteiger partial charge < -0.3 is 16.4 Å². The summed E-state index contributed by atoms with van der Waals surface area (Å²) in [6, 6.07) is 6.27. The summed E-state index contributed by atoms with van der Waals surface area (Å²) in [4.78, 5) is 14.0. The molecule has 0 saturated carbocycles. The summed E-state index contributed by atoms with van der Waals surface area (Å²) >= 11 is 8.49. The molecule has 108 valence electrons. The molecule has 0 radical (unpaired) electrons. The third kappa shape index (κ3) is 3.12. The van der Waals surface area contributed by atoms with Gasteiger partial charge >= 0.3 is 0 Å². The third-order valence-corrected chi connectivity index (χ3v) is 4.71. The molecule has 1 saturated heterocycles. The lowest BCUT2D eigenvalue weighted by atomic mass is 9.92. The van der Waals surface area contributed by atoms with Crippen molar-refractivity contribution >= 4 is 44.7 Å². The summed E-state index contributed by atoms with van der Waals surface area (Å²) in [7, 11) is 0. The van der Waals surface area contributed by atoms with Gasteiger partial charge in [-0.2, -0.15) is 0 Å². The molecule has 1 aromatic carbocycles. The zero-order chi connectivity index (χ0) is 14.9. The van der Waals surface area contributed by atoms with Crippen LogP contribution < -0.4 is 16.4 Å². The van der Waals surface area contributed by atoms with Gasteiger partial charge in [-0.3, -0.25) is 4.79 Å². The van der Waals surface area contributed by atoms with E-state index in [2.05, 4.69) is 27.8 Å². The highest BCUT2D eigenvalue weighted by molar-refractivity contribution is 9.10. The van der Waals surface area contributed by atoms with Gasteiger partial charge in [-0.05, 0) is 53.9 Å². The molecule has 0 aliphatic carbocycles. The number of nitrogens with zero attached hydrogens (tertiary/aromatic N) is 1. The van der Waals surface area contributed by atoms with Crippen LogP contribution in [0.1, 0.15) is 25.3 Å². The fourth-order valence-electron chi connectivity index (χ4n) is 2.58. The summed E-state index contributed by atoms with van der Waals surface area (Å²) in [6.45, 7) is 2.82. The predicted octanol–water partition coefficient (Wildman–Crippen LogP) is 2.17. The Hall–Kier alpha value is -1.14. The molecule has 1 aliphatic heterocycles.